The Bertz CT molecular complexity index is 1500. The van der Waals surface area contributed by atoms with Crippen molar-refractivity contribution in [3.05, 3.63) is 90.5 Å². The Kier molecular flexibility index (Phi) is 6.35. The number of aliphatic imine (C=N–C) groups is 1. The summed E-state index contributed by atoms with van der Waals surface area (Å²) in [7, 11) is 0. The van der Waals surface area contributed by atoms with Crippen LogP contribution in [0.3, 0.4) is 0 Å². The Morgan fingerprint density at radius 1 is 0.889 bits per heavy atom. The second-order valence-corrected chi connectivity index (χ2v) is 7.94. The molecule has 0 spiro atoms. The van der Waals surface area contributed by atoms with Gasteiger partial charge in [0.2, 0.25) is 5.82 Å². The fourth-order valence-corrected chi connectivity index (χ4v) is 3.85. The van der Waals surface area contributed by atoms with Crippen molar-refractivity contribution in [2.45, 2.75) is 6.92 Å². The highest BCUT2D eigenvalue weighted by Gasteiger charge is 2.18. The van der Waals surface area contributed by atoms with Gasteiger partial charge in [-0.25, -0.2) is 4.98 Å². The van der Waals surface area contributed by atoms with Gasteiger partial charge in [0.25, 0.3) is 0 Å². The monoisotopic (exact) mass is 476 g/mol. The maximum Gasteiger partial charge on any atom is 0.204 e. The van der Waals surface area contributed by atoms with E-state index in [1.807, 2.05) is 85.8 Å². The summed E-state index contributed by atoms with van der Waals surface area (Å²) >= 11 is 0. The van der Waals surface area contributed by atoms with Gasteiger partial charge in [-0.2, -0.15) is 5.21 Å². The van der Waals surface area contributed by atoms with Crippen LogP contribution in [0.2, 0.25) is 0 Å². The highest BCUT2D eigenvalue weighted by Crippen LogP contribution is 2.33. The summed E-state index contributed by atoms with van der Waals surface area (Å²) in [6.45, 7) is 2.45. The molecule has 178 valence electrons. The highest BCUT2D eigenvalue weighted by molar-refractivity contribution is 6.07. The first-order valence-electron chi connectivity index (χ1n) is 11.4. The second-order valence-electron chi connectivity index (χ2n) is 7.94. The molecule has 0 fully saturated rings. The van der Waals surface area contributed by atoms with Gasteiger partial charge in [0, 0.05) is 28.9 Å². The summed E-state index contributed by atoms with van der Waals surface area (Å²) in [5, 5.41) is 14.2. The lowest BCUT2D eigenvalue weighted by molar-refractivity contribution is 0.483. The lowest BCUT2D eigenvalue weighted by Gasteiger charge is -2.15. The maximum atomic E-state index is 6.53. The molecule has 0 aliphatic heterocycles. The molecular formula is C27H24N8O. The van der Waals surface area contributed by atoms with Gasteiger partial charge in [0.05, 0.1) is 17.0 Å². The molecule has 0 saturated heterocycles. The second kappa shape index (κ2) is 10.1. The van der Waals surface area contributed by atoms with Crippen LogP contribution in [0.5, 0.6) is 11.5 Å². The van der Waals surface area contributed by atoms with E-state index < -0.39 is 0 Å². The molecule has 0 amide bonds. The average molecular weight is 477 g/mol. The van der Waals surface area contributed by atoms with Crippen molar-refractivity contribution >= 4 is 11.5 Å². The maximum absolute atomic E-state index is 6.53. The topological polar surface area (TPSA) is 141 Å². The number of benzene rings is 3. The number of amidine groups is 1. The van der Waals surface area contributed by atoms with E-state index in [2.05, 4.69) is 25.6 Å². The first kappa shape index (κ1) is 22.7. The number of anilines is 1. The van der Waals surface area contributed by atoms with Crippen LogP contribution in [0.25, 0.3) is 33.9 Å². The zero-order valence-electron chi connectivity index (χ0n) is 19.6. The van der Waals surface area contributed by atoms with E-state index in [0.717, 1.165) is 22.4 Å². The number of nitrogens with zero attached hydrogens (tertiary/aromatic N) is 5. The van der Waals surface area contributed by atoms with Crippen molar-refractivity contribution in [1.82, 2.24) is 25.6 Å². The fraction of sp³-hybridized carbons (Fsp3) is 0.0741. The minimum atomic E-state index is 0.342. The molecule has 0 aliphatic rings. The first-order valence-corrected chi connectivity index (χ1v) is 11.4. The van der Waals surface area contributed by atoms with Crippen molar-refractivity contribution in [2.75, 3.05) is 12.3 Å². The van der Waals surface area contributed by atoms with E-state index in [9.17, 15) is 0 Å². The molecule has 0 aliphatic carbocycles. The summed E-state index contributed by atoms with van der Waals surface area (Å²) in [5.41, 5.74) is 17.8. The largest absolute Gasteiger partial charge is 0.457 e. The molecule has 5 aromatic rings. The molecule has 0 unspecified atom stereocenters. The number of nitrogens with one attached hydrogen (secondary N) is 1. The van der Waals surface area contributed by atoms with Crippen LogP contribution in [-0.4, -0.2) is 38.0 Å². The van der Waals surface area contributed by atoms with Crippen molar-refractivity contribution in [1.29, 1.82) is 0 Å². The molecule has 2 heterocycles. The number of H-pyrrole nitrogens is 1. The smallest absolute Gasteiger partial charge is 0.204 e. The molecule has 0 bridgehead atoms. The fourth-order valence-electron chi connectivity index (χ4n) is 3.85. The number of nitrogens with two attached hydrogens (primary N) is 2. The first-order chi connectivity index (χ1) is 17.6. The molecule has 9 nitrogen and oxygen atoms in total. The number of pyridine rings is 1. The van der Waals surface area contributed by atoms with Crippen LogP contribution in [-0.2, 0) is 0 Å². The lowest BCUT2D eigenvalue weighted by atomic mass is 10.00. The molecular weight excluding hydrogens is 452 g/mol. The molecule has 2 aromatic heterocycles. The Morgan fingerprint density at radius 2 is 1.64 bits per heavy atom. The molecule has 36 heavy (non-hydrogen) atoms. The molecule has 5 N–H and O–H groups in total. The van der Waals surface area contributed by atoms with Gasteiger partial charge >= 0.3 is 0 Å². The van der Waals surface area contributed by atoms with Gasteiger partial charge in [0.15, 0.2) is 0 Å². The normalized spacial score (nSPS) is 11.4. The van der Waals surface area contributed by atoms with Crippen LogP contribution in [0.4, 0.5) is 5.69 Å². The Hall–Kier alpha value is -5.05. The Morgan fingerprint density at radius 3 is 2.36 bits per heavy atom. The van der Waals surface area contributed by atoms with Crippen LogP contribution < -0.4 is 16.2 Å². The molecule has 5 rings (SSSR count). The number of rotatable bonds is 7. The van der Waals surface area contributed by atoms with Crippen molar-refractivity contribution in [3.63, 3.8) is 0 Å². The third-order valence-corrected chi connectivity index (χ3v) is 5.50. The van der Waals surface area contributed by atoms with Crippen LogP contribution in [0.15, 0.2) is 89.9 Å². The zero-order valence-corrected chi connectivity index (χ0v) is 19.6. The van der Waals surface area contributed by atoms with Crippen molar-refractivity contribution < 1.29 is 4.74 Å². The summed E-state index contributed by atoms with van der Waals surface area (Å²) < 4.78 is 5.94. The number of tetrazole rings is 1. The highest BCUT2D eigenvalue weighted by atomic mass is 16.5. The minimum absolute atomic E-state index is 0.342. The van der Waals surface area contributed by atoms with E-state index in [1.165, 1.54) is 0 Å². The van der Waals surface area contributed by atoms with Gasteiger partial charge in [-0.1, -0.05) is 36.4 Å². The van der Waals surface area contributed by atoms with E-state index in [-0.39, 0.29) is 0 Å². The van der Waals surface area contributed by atoms with E-state index >= 15 is 0 Å². The number of nitrogen functional groups attached to an aromatic ring is 1. The van der Waals surface area contributed by atoms with Gasteiger partial charge < -0.3 is 16.2 Å². The predicted octanol–water partition coefficient (Wildman–Crippen LogP) is 4.70. The number of aromatic amines is 1. The molecule has 0 saturated carbocycles. The van der Waals surface area contributed by atoms with E-state index in [4.69, 9.17) is 21.2 Å². The van der Waals surface area contributed by atoms with E-state index in [0.29, 0.717) is 46.6 Å². The SMILES string of the molecule is CCN=C(N)c1c(N)cc(-c2cccc(-c3nn[nH]n3)c2)nc1-c1ccc(Oc2ccccc2)cc1. The summed E-state index contributed by atoms with van der Waals surface area (Å²) in [4.78, 5) is 9.36. The standard InChI is InChI=1S/C27H24N8O/c1-2-30-26(29)24-22(28)16-23(18-7-6-8-19(15-18)27-32-34-35-33-27)31-25(24)17-11-13-21(14-12-17)36-20-9-4-3-5-10-20/h3-16H,2H2,1H3,(H2,28,31)(H2,29,30)(H,32,33,34,35). The number of aromatic nitrogens is 5. The summed E-state index contributed by atoms with van der Waals surface area (Å²) in [5.74, 6) is 2.30. The molecule has 3 aromatic carbocycles. The predicted molar refractivity (Wildman–Crippen MR) is 140 cm³/mol. The third-order valence-electron chi connectivity index (χ3n) is 5.50. The van der Waals surface area contributed by atoms with Gasteiger partial charge in [-0.15, -0.1) is 10.2 Å². The van der Waals surface area contributed by atoms with Crippen LogP contribution >= 0.6 is 0 Å². The lowest BCUT2D eigenvalue weighted by Crippen LogP contribution is -2.18. The summed E-state index contributed by atoms with van der Waals surface area (Å²) in [6, 6.07) is 26.8. The number of hydrogen-bond acceptors (Lipinski definition) is 7. The van der Waals surface area contributed by atoms with Gasteiger partial charge in [-0.05, 0) is 60.7 Å². The minimum Gasteiger partial charge on any atom is -0.457 e. The van der Waals surface area contributed by atoms with Crippen molar-refractivity contribution in [2.24, 2.45) is 10.7 Å². The van der Waals surface area contributed by atoms with Crippen LogP contribution in [0, 0.1) is 0 Å². The van der Waals surface area contributed by atoms with E-state index in [1.54, 1.807) is 6.07 Å². The van der Waals surface area contributed by atoms with Gasteiger partial charge in [-0.3, -0.25) is 4.99 Å². The zero-order chi connectivity index (χ0) is 24.9. The third kappa shape index (κ3) is 4.76. The number of para-hydroxylation sites is 1. The average Bonchev–Trinajstić information content (AvgIpc) is 3.45. The number of ether oxygens (including phenoxy) is 1. The van der Waals surface area contributed by atoms with Crippen LogP contribution in [0.1, 0.15) is 12.5 Å². The number of hydrogen-bond donors (Lipinski definition) is 3. The Balaban J connectivity index is 1.58. The molecule has 9 heteroatoms. The van der Waals surface area contributed by atoms with Crippen molar-refractivity contribution in [3.8, 4) is 45.4 Å². The molecule has 0 atom stereocenters. The Labute approximate surface area is 207 Å². The molecule has 0 radical (unpaired) electrons. The quantitative estimate of drug-likeness (QED) is 0.228. The summed E-state index contributed by atoms with van der Waals surface area (Å²) in [6.07, 6.45) is 0. The van der Waals surface area contributed by atoms with Gasteiger partial charge in [0.1, 0.15) is 17.3 Å².